The van der Waals surface area contributed by atoms with Gasteiger partial charge in [-0.15, -0.1) is 11.8 Å². The van der Waals surface area contributed by atoms with Gasteiger partial charge in [-0.1, -0.05) is 19.9 Å². The van der Waals surface area contributed by atoms with E-state index in [1.807, 2.05) is 38.3 Å². The summed E-state index contributed by atoms with van der Waals surface area (Å²) < 4.78 is 33.5. The Labute approximate surface area is 162 Å². The smallest absolute Gasteiger partial charge is 0.274 e. The molecule has 0 N–H and O–H groups in total. The number of carbonyl (C=O) groups excluding carboxylic acids is 1. The van der Waals surface area contributed by atoms with Crippen molar-refractivity contribution < 1.29 is 18.3 Å². The van der Waals surface area contributed by atoms with Crippen LogP contribution in [0.15, 0.2) is 29.3 Å². The number of benzene rings is 1. The first-order valence-corrected chi connectivity index (χ1v) is 9.81. The van der Waals surface area contributed by atoms with Gasteiger partial charge in [-0.05, 0) is 29.9 Å². The summed E-state index contributed by atoms with van der Waals surface area (Å²) in [5.74, 6) is 0.426. The lowest BCUT2D eigenvalue weighted by molar-refractivity contribution is 0.0766. The first kappa shape index (κ1) is 21.2. The van der Waals surface area contributed by atoms with E-state index in [4.69, 9.17) is 4.74 Å². The van der Waals surface area contributed by atoms with Crippen LogP contribution in [0.1, 0.15) is 41.9 Å². The summed E-state index contributed by atoms with van der Waals surface area (Å²) in [7, 11) is 3.16. The summed E-state index contributed by atoms with van der Waals surface area (Å²) in [5, 5.41) is 4.11. The van der Waals surface area contributed by atoms with Gasteiger partial charge in [-0.3, -0.25) is 9.48 Å². The molecule has 2 aromatic rings. The highest BCUT2D eigenvalue weighted by Crippen LogP contribution is 2.29. The highest BCUT2D eigenvalue weighted by Gasteiger charge is 2.26. The van der Waals surface area contributed by atoms with Crippen LogP contribution in [0.3, 0.4) is 0 Å². The third-order valence-electron chi connectivity index (χ3n) is 3.99. The van der Waals surface area contributed by atoms with Gasteiger partial charge in [0.2, 0.25) is 0 Å². The molecule has 0 saturated heterocycles. The molecule has 0 fully saturated rings. The highest BCUT2D eigenvalue weighted by molar-refractivity contribution is 7.98. The number of ether oxygens (including phenoxy) is 1. The topological polar surface area (TPSA) is 47.4 Å². The highest BCUT2D eigenvalue weighted by atomic mass is 32.2. The standard InChI is InChI=1S/C19H25F2N3O2S/c1-12(2)9-24-11-14(18(20)21)17(22-24)19(25)23(3)10-13-6-7-16(27-5)15(8-13)26-4/h6-8,11-12,18H,9-10H2,1-5H3. The molecule has 0 spiro atoms. The van der Waals surface area contributed by atoms with Crippen molar-refractivity contribution in [1.82, 2.24) is 14.7 Å². The van der Waals surface area contributed by atoms with Gasteiger partial charge in [0.1, 0.15) is 5.75 Å². The average Bonchev–Trinajstić information content (AvgIpc) is 3.04. The number of nitrogens with zero attached hydrogens (tertiary/aromatic N) is 3. The molecule has 0 bridgehead atoms. The monoisotopic (exact) mass is 397 g/mol. The maximum atomic E-state index is 13.4. The predicted molar refractivity (Wildman–Crippen MR) is 103 cm³/mol. The van der Waals surface area contributed by atoms with Gasteiger partial charge in [0, 0.05) is 31.2 Å². The zero-order valence-corrected chi connectivity index (χ0v) is 17.0. The number of amides is 1. The van der Waals surface area contributed by atoms with E-state index in [1.54, 1.807) is 25.9 Å². The minimum Gasteiger partial charge on any atom is -0.496 e. The van der Waals surface area contributed by atoms with Gasteiger partial charge in [-0.2, -0.15) is 5.10 Å². The number of alkyl halides is 2. The van der Waals surface area contributed by atoms with Crippen molar-refractivity contribution in [3.05, 3.63) is 41.2 Å². The van der Waals surface area contributed by atoms with Gasteiger partial charge < -0.3 is 9.64 Å². The Kier molecular flexibility index (Phi) is 7.24. The number of carbonyl (C=O) groups is 1. The summed E-state index contributed by atoms with van der Waals surface area (Å²) in [4.78, 5) is 15.1. The molecule has 27 heavy (non-hydrogen) atoms. The molecule has 0 saturated carbocycles. The second kappa shape index (κ2) is 9.21. The molecule has 1 aromatic carbocycles. The Bertz CT molecular complexity index is 793. The van der Waals surface area contributed by atoms with Crippen molar-refractivity contribution in [1.29, 1.82) is 0 Å². The zero-order valence-electron chi connectivity index (χ0n) is 16.2. The maximum absolute atomic E-state index is 13.4. The molecule has 8 heteroatoms. The summed E-state index contributed by atoms with van der Waals surface area (Å²) in [5.41, 5.74) is 0.323. The quantitative estimate of drug-likeness (QED) is 0.616. The van der Waals surface area contributed by atoms with Gasteiger partial charge in [0.15, 0.2) is 5.69 Å². The Balaban J connectivity index is 2.23. The lowest BCUT2D eigenvalue weighted by Gasteiger charge is -2.18. The lowest BCUT2D eigenvalue weighted by Crippen LogP contribution is -2.27. The molecule has 0 unspecified atom stereocenters. The first-order chi connectivity index (χ1) is 12.8. The molecule has 1 heterocycles. The van der Waals surface area contributed by atoms with Gasteiger partial charge in [0.05, 0.1) is 12.7 Å². The number of hydrogen-bond donors (Lipinski definition) is 0. The number of thioether (sulfide) groups is 1. The van der Waals surface area contributed by atoms with Crippen LogP contribution in [-0.4, -0.2) is 41.0 Å². The van der Waals surface area contributed by atoms with Gasteiger partial charge >= 0.3 is 0 Å². The molecular weight excluding hydrogens is 372 g/mol. The Morgan fingerprint density at radius 2 is 2.07 bits per heavy atom. The third kappa shape index (κ3) is 5.22. The number of aromatic nitrogens is 2. The van der Waals surface area contributed by atoms with Crippen molar-refractivity contribution >= 4 is 17.7 Å². The SMILES string of the molecule is COc1cc(CN(C)C(=O)c2nn(CC(C)C)cc2C(F)F)ccc1SC. The van der Waals surface area contributed by atoms with Crippen LogP contribution >= 0.6 is 11.8 Å². The molecule has 0 aliphatic heterocycles. The molecule has 1 amide bonds. The van der Waals surface area contributed by atoms with E-state index in [2.05, 4.69) is 5.10 Å². The lowest BCUT2D eigenvalue weighted by atomic mass is 10.2. The van der Waals surface area contributed by atoms with Crippen molar-refractivity contribution in [3.63, 3.8) is 0 Å². The van der Waals surface area contributed by atoms with Crippen LogP contribution in [0.5, 0.6) is 5.75 Å². The fraction of sp³-hybridized carbons (Fsp3) is 0.474. The predicted octanol–water partition coefficient (Wildman–Crippen LogP) is 4.48. The summed E-state index contributed by atoms with van der Waals surface area (Å²) >= 11 is 1.56. The molecule has 148 valence electrons. The average molecular weight is 397 g/mol. The largest absolute Gasteiger partial charge is 0.496 e. The van der Waals surface area contributed by atoms with Gasteiger partial charge in [0.25, 0.3) is 12.3 Å². The molecule has 5 nitrogen and oxygen atoms in total. The number of hydrogen-bond acceptors (Lipinski definition) is 4. The van der Waals surface area contributed by atoms with Gasteiger partial charge in [-0.25, -0.2) is 8.78 Å². The molecule has 2 rings (SSSR count). The maximum Gasteiger partial charge on any atom is 0.274 e. The second-order valence-electron chi connectivity index (χ2n) is 6.70. The molecule has 0 aliphatic rings. The molecule has 0 radical (unpaired) electrons. The normalized spacial score (nSPS) is 11.3. The van der Waals surface area contributed by atoms with Crippen LogP contribution < -0.4 is 4.74 Å². The Hall–Kier alpha value is -2.09. The van der Waals surface area contributed by atoms with Crippen LogP contribution in [-0.2, 0) is 13.1 Å². The van der Waals surface area contributed by atoms with Crippen molar-refractivity contribution in [3.8, 4) is 5.75 Å². The van der Waals surface area contributed by atoms with E-state index >= 15 is 0 Å². The molecule has 0 atom stereocenters. The summed E-state index contributed by atoms with van der Waals surface area (Å²) in [6, 6.07) is 5.66. The van der Waals surface area contributed by atoms with Crippen LogP contribution in [0, 0.1) is 5.92 Å². The van der Waals surface area contributed by atoms with E-state index in [1.165, 1.54) is 15.8 Å². The van der Waals surface area contributed by atoms with E-state index in [-0.39, 0.29) is 23.7 Å². The number of methoxy groups -OCH3 is 1. The van der Waals surface area contributed by atoms with Crippen molar-refractivity contribution in [2.45, 2.75) is 38.3 Å². The van der Waals surface area contributed by atoms with Crippen LogP contribution in [0.2, 0.25) is 0 Å². The van der Waals surface area contributed by atoms with E-state index in [9.17, 15) is 13.6 Å². The van der Waals surface area contributed by atoms with E-state index in [0.717, 1.165) is 16.2 Å². The third-order valence-corrected chi connectivity index (χ3v) is 4.77. The zero-order chi connectivity index (χ0) is 20.1. The Morgan fingerprint density at radius 3 is 2.63 bits per heavy atom. The minimum atomic E-state index is -2.75. The number of halogens is 2. The van der Waals surface area contributed by atoms with Crippen molar-refractivity contribution in [2.75, 3.05) is 20.4 Å². The van der Waals surface area contributed by atoms with E-state index in [0.29, 0.717) is 6.54 Å². The fourth-order valence-corrected chi connectivity index (χ4v) is 3.28. The summed E-state index contributed by atoms with van der Waals surface area (Å²) in [6.07, 6.45) is 0.466. The molecule has 1 aromatic heterocycles. The second-order valence-corrected chi connectivity index (χ2v) is 7.55. The number of rotatable bonds is 8. The van der Waals surface area contributed by atoms with E-state index < -0.39 is 12.3 Å². The van der Waals surface area contributed by atoms with Crippen molar-refractivity contribution in [2.24, 2.45) is 5.92 Å². The summed E-state index contributed by atoms with van der Waals surface area (Å²) in [6.45, 7) is 4.67. The minimum absolute atomic E-state index is 0.194. The Morgan fingerprint density at radius 1 is 1.37 bits per heavy atom. The molecular formula is C19H25F2N3O2S. The first-order valence-electron chi connectivity index (χ1n) is 8.58. The molecule has 0 aliphatic carbocycles. The van der Waals surface area contributed by atoms with Crippen LogP contribution in [0.4, 0.5) is 8.78 Å². The fourth-order valence-electron chi connectivity index (χ4n) is 2.74. The van der Waals surface area contributed by atoms with Crippen LogP contribution in [0.25, 0.3) is 0 Å².